The molecule has 8 heteroatoms. The number of aliphatic hydroxyl groups excluding tert-OH is 1. The minimum absolute atomic E-state index is 0.778. The molecule has 4 aliphatic rings. The molecule has 4 bridgehead atoms. The van der Waals surface area contributed by atoms with Crippen LogP contribution in [0.1, 0.15) is 0 Å². The van der Waals surface area contributed by atoms with Crippen LogP contribution in [0.25, 0.3) is 0 Å². The standard InChI is InChI=1S/C6H12N4.C5H5N.C2H4O3/c1-7-2-9-4-8(1)5-10(3-7)6-9;1-2-4-6-5-3-1;3-1-2(4)5/h1-6H2;1-5H;3H,1H2,(H,4,5). The Morgan fingerprint density at radius 2 is 1.19 bits per heavy atom. The smallest absolute Gasteiger partial charge is 0.329 e. The number of carboxylic acids is 1. The fourth-order valence-corrected chi connectivity index (χ4v) is 2.55. The van der Waals surface area contributed by atoms with E-state index in [-0.39, 0.29) is 0 Å². The van der Waals surface area contributed by atoms with Gasteiger partial charge in [-0.25, -0.2) is 4.79 Å². The summed E-state index contributed by atoms with van der Waals surface area (Å²) in [5.41, 5.74) is 0. The lowest BCUT2D eigenvalue weighted by molar-refractivity contribution is -0.194. The summed E-state index contributed by atoms with van der Waals surface area (Å²) < 4.78 is 0. The van der Waals surface area contributed by atoms with Gasteiger partial charge in [-0.3, -0.25) is 24.6 Å². The van der Waals surface area contributed by atoms with Crippen molar-refractivity contribution in [1.82, 2.24) is 24.6 Å². The van der Waals surface area contributed by atoms with Gasteiger partial charge >= 0.3 is 5.97 Å². The molecular weight excluding hydrogens is 274 g/mol. The van der Waals surface area contributed by atoms with Crippen LogP contribution in [0.2, 0.25) is 0 Å². The van der Waals surface area contributed by atoms with Gasteiger partial charge in [-0.05, 0) is 12.1 Å². The molecule has 0 unspecified atom stereocenters. The van der Waals surface area contributed by atoms with Crippen LogP contribution in [0.4, 0.5) is 0 Å². The summed E-state index contributed by atoms with van der Waals surface area (Å²) in [6, 6.07) is 5.72. The van der Waals surface area contributed by atoms with Crippen molar-refractivity contribution in [3.05, 3.63) is 30.6 Å². The van der Waals surface area contributed by atoms with Crippen molar-refractivity contribution in [2.45, 2.75) is 0 Å². The highest BCUT2D eigenvalue weighted by atomic mass is 16.4. The molecule has 0 aliphatic carbocycles. The highest BCUT2D eigenvalue weighted by Crippen LogP contribution is 2.20. The number of hydrogen-bond donors (Lipinski definition) is 2. The van der Waals surface area contributed by atoms with Gasteiger partial charge in [-0.2, -0.15) is 0 Å². The number of aliphatic carboxylic acids is 1. The maximum absolute atomic E-state index is 9.12. The van der Waals surface area contributed by atoms with Crippen LogP contribution in [0.3, 0.4) is 0 Å². The fraction of sp³-hybridized carbons (Fsp3) is 0.538. The first-order valence-electron chi connectivity index (χ1n) is 6.74. The molecule has 8 nitrogen and oxygen atoms in total. The number of aromatic nitrogens is 1. The first-order chi connectivity index (χ1) is 10.2. The highest BCUT2D eigenvalue weighted by molar-refractivity contribution is 5.67. The summed E-state index contributed by atoms with van der Waals surface area (Å²) in [5.74, 6) is -1.19. The summed E-state index contributed by atoms with van der Waals surface area (Å²) in [7, 11) is 0. The molecule has 0 amide bonds. The molecule has 0 aromatic carbocycles. The summed E-state index contributed by atoms with van der Waals surface area (Å²) in [4.78, 5) is 22.8. The fourth-order valence-electron chi connectivity index (χ4n) is 2.55. The first-order valence-corrected chi connectivity index (χ1v) is 6.74. The zero-order valence-corrected chi connectivity index (χ0v) is 11.9. The zero-order chi connectivity index (χ0) is 15.1. The van der Waals surface area contributed by atoms with Crippen molar-refractivity contribution in [3.8, 4) is 0 Å². The van der Waals surface area contributed by atoms with E-state index in [4.69, 9.17) is 15.0 Å². The molecule has 21 heavy (non-hydrogen) atoms. The van der Waals surface area contributed by atoms with Gasteiger partial charge < -0.3 is 10.2 Å². The van der Waals surface area contributed by atoms with Gasteiger partial charge in [0.25, 0.3) is 0 Å². The van der Waals surface area contributed by atoms with Crippen molar-refractivity contribution in [2.75, 3.05) is 46.6 Å². The molecule has 0 spiro atoms. The quantitative estimate of drug-likeness (QED) is 0.691. The number of carbonyl (C=O) groups is 1. The molecule has 4 aliphatic heterocycles. The lowest BCUT2D eigenvalue weighted by Gasteiger charge is -2.56. The molecule has 5 rings (SSSR count). The van der Waals surface area contributed by atoms with Gasteiger partial charge in [-0.1, -0.05) is 6.07 Å². The lowest BCUT2D eigenvalue weighted by atomic mass is 10.4. The summed E-state index contributed by atoms with van der Waals surface area (Å²) in [6.07, 6.45) is 3.50. The predicted molar refractivity (Wildman–Crippen MR) is 75.5 cm³/mol. The predicted octanol–water partition coefficient (Wildman–Crippen LogP) is -0.875. The minimum Gasteiger partial charge on any atom is -0.480 e. The Kier molecular flexibility index (Phi) is 6.03. The van der Waals surface area contributed by atoms with E-state index >= 15 is 0 Å². The molecule has 0 radical (unpaired) electrons. The number of carboxylic acid groups (broad SMARTS) is 1. The van der Waals surface area contributed by atoms with E-state index in [9.17, 15) is 0 Å². The Morgan fingerprint density at radius 3 is 1.33 bits per heavy atom. The van der Waals surface area contributed by atoms with Gasteiger partial charge in [0.05, 0.1) is 40.0 Å². The highest BCUT2D eigenvalue weighted by Gasteiger charge is 2.36. The van der Waals surface area contributed by atoms with Gasteiger partial charge in [0.2, 0.25) is 0 Å². The van der Waals surface area contributed by atoms with E-state index in [0.29, 0.717) is 0 Å². The molecule has 116 valence electrons. The molecule has 4 saturated heterocycles. The van der Waals surface area contributed by atoms with E-state index < -0.39 is 12.6 Å². The summed E-state index contributed by atoms with van der Waals surface area (Å²) >= 11 is 0. The monoisotopic (exact) mass is 295 g/mol. The Labute approximate surface area is 123 Å². The van der Waals surface area contributed by atoms with Gasteiger partial charge in [-0.15, -0.1) is 0 Å². The Bertz CT molecular complexity index is 348. The van der Waals surface area contributed by atoms with Crippen LogP contribution in [0.15, 0.2) is 30.6 Å². The number of pyridine rings is 1. The second-order valence-electron chi connectivity index (χ2n) is 5.11. The Balaban J connectivity index is 0.000000128. The third kappa shape index (κ3) is 5.37. The van der Waals surface area contributed by atoms with Crippen molar-refractivity contribution in [1.29, 1.82) is 0 Å². The summed E-state index contributed by atoms with van der Waals surface area (Å²) in [6.45, 7) is 6.35. The summed E-state index contributed by atoms with van der Waals surface area (Å²) in [5, 5.41) is 15.0. The third-order valence-corrected chi connectivity index (χ3v) is 3.10. The minimum atomic E-state index is -1.19. The maximum atomic E-state index is 9.12. The first kappa shape index (κ1) is 15.8. The molecular formula is C13H21N5O3. The van der Waals surface area contributed by atoms with Gasteiger partial charge in [0, 0.05) is 12.4 Å². The molecule has 4 fully saturated rings. The average Bonchev–Trinajstić information content (AvgIpc) is 2.49. The van der Waals surface area contributed by atoms with Crippen LogP contribution in [0.5, 0.6) is 0 Å². The molecule has 2 N–H and O–H groups in total. The van der Waals surface area contributed by atoms with Crippen LogP contribution >= 0.6 is 0 Å². The van der Waals surface area contributed by atoms with Crippen molar-refractivity contribution < 1.29 is 15.0 Å². The van der Waals surface area contributed by atoms with Gasteiger partial charge in [0.1, 0.15) is 6.61 Å². The van der Waals surface area contributed by atoms with E-state index in [2.05, 4.69) is 24.6 Å². The molecule has 0 saturated carbocycles. The molecule has 1 aromatic heterocycles. The van der Waals surface area contributed by atoms with Crippen LogP contribution in [0, 0.1) is 0 Å². The second kappa shape index (κ2) is 8.01. The van der Waals surface area contributed by atoms with Crippen molar-refractivity contribution >= 4 is 5.97 Å². The van der Waals surface area contributed by atoms with E-state index in [1.54, 1.807) is 12.4 Å². The van der Waals surface area contributed by atoms with Crippen molar-refractivity contribution in [3.63, 3.8) is 0 Å². The van der Waals surface area contributed by atoms with E-state index in [1.165, 1.54) is 40.0 Å². The van der Waals surface area contributed by atoms with E-state index in [0.717, 1.165) is 0 Å². The second-order valence-corrected chi connectivity index (χ2v) is 5.11. The van der Waals surface area contributed by atoms with Crippen LogP contribution in [-0.4, -0.2) is 87.4 Å². The molecule has 5 heterocycles. The average molecular weight is 295 g/mol. The Hall–Kier alpha value is -1.58. The van der Waals surface area contributed by atoms with Crippen molar-refractivity contribution in [2.24, 2.45) is 0 Å². The topological polar surface area (TPSA) is 83.4 Å². The lowest BCUT2D eigenvalue weighted by Crippen LogP contribution is -2.71. The Morgan fingerprint density at radius 1 is 0.857 bits per heavy atom. The van der Waals surface area contributed by atoms with E-state index in [1.807, 2.05) is 18.2 Å². The normalized spacial score (nSPS) is 31.5. The van der Waals surface area contributed by atoms with Gasteiger partial charge in [0.15, 0.2) is 0 Å². The number of aliphatic hydroxyl groups is 1. The number of nitrogens with zero attached hydrogens (tertiary/aromatic N) is 5. The number of hydrogen-bond acceptors (Lipinski definition) is 7. The number of rotatable bonds is 1. The molecule has 0 atom stereocenters. The third-order valence-electron chi connectivity index (χ3n) is 3.10. The zero-order valence-electron chi connectivity index (χ0n) is 11.9. The SMILES string of the molecule is C1N2CN3CN1CN(C2)C3.O=C(O)CO.c1ccncc1. The van der Waals surface area contributed by atoms with Crippen LogP contribution in [-0.2, 0) is 4.79 Å². The largest absolute Gasteiger partial charge is 0.480 e. The maximum Gasteiger partial charge on any atom is 0.329 e. The van der Waals surface area contributed by atoms with Crippen LogP contribution < -0.4 is 0 Å². The molecule has 1 aromatic rings.